The van der Waals surface area contributed by atoms with E-state index in [1.807, 2.05) is 0 Å². The Morgan fingerprint density at radius 2 is 0.967 bits per heavy atom. The van der Waals surface area contributed by atoms with Crippen molar-refractivity contribution in [3.63, 3.8) is 0 Å². The molecule has 0 aromatic heterocycles. The first-order valence-electron chi connectivity index (χ1n) is 13.2. The highest BCUT2D eigenvalue weighted by molar-refractivity contribution is 5.94. The van der Waals surface area contributed by atoms with Gasteiger partial charge >= 0.3 is 0 Å². The summed E-state index contributed by atoms with van der Waals surface area (Å²) in [5.41, 5.74) is 4.84. The molecule has 2 nitrogen and oxygen atoms in total. The number of hydrogen-bond donors (Lipinski definition) is 0. The molecule has 30 heavy (non-hydrogen) atoms. The summed E-state index contributed by atoms with van der Waals surface area (Å²) < 4.78 is 0. The van der Waals surface area contributed by atoms with Crippen LogP contribution in [0.15, 0.2) is 9.98 Å². The second-order valence-corrected chi connectivity index (χ2v) is 12.8. The van der Waals surface area contributed by atoms with Gasteiger partial charge in [0.1, 0.15) is 0 Å². The number of fused-ring (bicyclic) bond motifs is 4. The third-order valence-electron chi connectivity index (χ3n) is 11.2. The second kappa shape index (κ2) is 8.04. The molecule has 0 saturated heterocycles. The van der Waals surface area contributed by atoms with Gasteiger partial charge in [0.25, 0.3) is 0 Å². The molecule has 4 rings (SSSR count). The van der Waals surface area contributed by atoms with Crippen LogP contribution in [-0.2, 0) is 0 Å². The highest BCUT2D eigenvalue weighted by Crippen LogP contribution is 2.64. The van der Waals surface area contributed by atoms with E-state index in [1.54, 1.807) is 11.4 Å². The number of nitrogens with zero attached hydrogens (tertiary/aromatic N) is 2. The van der Waals surface area contributed by atoms with Gasteiger partial charge in [0, 0.05) is 35.3 Å². The summed E-state index contributed by atoms with van der Waals surface area (Å²) in [6.45, 7) is 17.0. The van der Waals surface area contributed by atoms with Crippen LogP contribution >= 0.6 is 0 Å². The van der Waals surface area contributed by atoms with Gasteiger partial charge in [-0.3, -0.25) is 9.98 Å². The summed E-state index contributed by atoms with van der Waals surface area (Å²) >= 11 is 0. The lowest BCUT2D eigenvalue weighted by Crippen LogP contribution is -2.32. The average Bonchev–Trinajstić information content (AvgIpc) is 3.21. The number of aliphatic imine (C=N–C) groups is 2. The van der Waals surface area contributed by atoms with E-state index < -0.39 is 0 Å². The molecule has 0 unspecified atom stereocenters. The van der Waals surface area contributed by atoms with Crippen LogP contribution in [0, 0.1) is 33.5 Å². The second-order valence-electron chi connectivity index (χ2n) is 12.8. The monoisotopic (exact) mass is 412 g/mol. The zero-order valence-corrected chi connectivity index (χ0v) is 20.9. The van der Waals surface area contributed by atoms with Gasteiger partial charge in [0.15, 0.2) is 0 Å². The van der Waals surface area contributed by atoms with E-state index in [0.717, 1.165) is 24.9 Å². The van der Waals surface area contributed by atoms with Crippen LogP contribution in [0.3, 0.4) is 0 Å². The Bertz CT molecular complexity index is 639. The minimum atomic E-state index is 0.393. The van der Waals surface area contributed by atoms with Crippen molar-refractivity contribution in [2.75, 3.05) is 13.1 Å². The highest BCUT2D eigenvalue weighted by Gasteiger charge is 2.60. The molecule has 4 saturated carbocycles. The Labute approximate surface area is 186 Å². The molecule has 0 N–H and O–H groups in total. The fourth-order valence-corrected chi connectivity index (χ4v) is 7.69. The van der Waals surface area contributed by atoms with Gasteiger partial charge in [-0.2, -0.15) is 0 Å². The van der Waals surface area contributed by atoms with Crippen molar-refractivity contribution >= 4 is 11.4 Å². The van der Waals surface area contributed by atoms with E-state index in [1.165, 1.54) is 77.0 Å². The Balaban J connectivity index is 1.08. The first-order valence-corrected chi connectivity index (χ1v) is 13.2. The summed E-state index contributed by atoms with van der Waals surface area (Å²) in [4.78, 5) is 10.2. The topological polar surface area (TPSA) is 24.7 Å². The third kappa shape index (κ3) is 3.43. The number of rotatable bonds is 9. The lowest BCUT2D eigenvalue weighted by atomic mass is 9.70. The molecule has 2 heteroatoms. The molecular weight excluding hydrogens is 364 g/mol. The lowest BCUT2D eigenvalue weighted by Gasteiger charge is -2.34. The maximum Gasteiger partial charge on any atom is 0.0388 e. The molecular formula is C28H48N2. The molecule has 4 aliphatic rings. The van der Waals surface area contributed by atoms with Crippen LogP contribution in [-0.4, -0.2) is 24.5 Å². The zero-order chi connectivity index (χ0) is 21.6. The molecule has 0 amide bonds. The molecule has 4 atom stereocenters. The van der Waals surface area contributed by atoms with E-state index in [0.29, 0.717) is 21.7 Å². The molecule has 0 heterocycles. The summed E-state index contributed by atoms with van der Waals surface area (Å²) in [5.74, 6) is 1.77. The van der Waals surface area contributed by atoms with Gasteiger partial charge < -0.3 is 0 Å². The molecule has 0 aromatic carbocycles. The quantitative estimate of drug-likeness (QED) is 0.344. The van der Waals surface area contributed by atoms with E-state index in [4.69, 9.17) is 9.98 Å². The largest absolute Gasteiger partial charge is 0.294 e. The van der Waals surface area contributed by atoms with Crippen LogP contribution in [0.5, 0.6) is 0 Å². The SMILES string of the molecule is CC1(C)[C@@H]2CC[C@@]1(C)C(=NCCCCCCCCN=C1C[C@H]3CC[C@]1(C)C3(C)C)C2. The predicted octanol–water partition coefficient (Wildman–Crippen LogP) is 7.90. The van der Waals surface area contributed by atoms with Crippen molar-refractivity contribution in [3.8, 4) is 0 Å². The first-order chi connectivity index (χ1) is 14.1. The Hall–Kier alpha value is -0.660. The van der Waals surface area contributed by atoms with Crippen molar-refractivity contribution < 1.29 is 0 Å². The lowest BCUT2D eigenvalue weighted by molar-refractivity contribution is 0.193. The smallest absolute Gasteiger partial charge is 0.0388 e. The molecule has 0 spiro atoms. The maximum absolute atomic E-state index is 5.10. The minimum Gasteiger partial charge on any atom is -0.294 e. The van der Waals surface area contributed by atoms with Gasteiger partial charge in [0.05, 0.1) is 0 Å². The summed E-state index contributed by atoms with van der Waals surface area (Å²) in [7, 11) is 0. The van der Waals surface area contributed by atoms with Crippen molar-refractivity contribution in [1.82, 2.24) is 0 Å². The Kier molecular flexibility index (Phi) is 6.04. The van der Waals surface area contributed by atoms with Crippen LogP contribution in [0.1, 0.15) is 119 Å². The van der Waals surface area contributed by atoms with Crippen LogP contribution < -0.4 is 0 Å². The van der Waals surface area contributed by atoms with Gasteiger partial charge in [-0.1, -0.05) is 67.2 Å². The van der Waals surface area contributed by atoms with Gasteiger partial charge in [-0.15, -0.1) is 0 Å². The van der Waals surface area contributed by atoms with Crippen LogP contribution in [0.2, 0.25) is 0 Å². The van der Waals surface area contributed by atoms with E-state index in [-0.39, 0.29) is 0 Å². The van der Waals surface area contributed by atoms with Crippen LogP contribution in [0.25, 0.3) is 0 Å². The molecule has 0 aromatic rings. The van der Waals surface area contributed by atoms with E-state index >= 15 is 0 Å². The van der Waals surface area contributed by atoms with Crippen molar-refractivity contribution in [3.05, 3.63) is 0 Å². The number of hydrogen-bond acceptors (Lipinski definition) is 2. The zero-order valence-electron chi connectivity index (χ0n) is 20.9. The minimum absolute atomic E-state index is 0.393. The summed E-state index contributed by atoms with van der Waals surface area (Å²) in [5, 5.41) is 0. The van der Waals surface area contributed by atoms with Gasteiger partial charge in [-0.05, 0) is 74.0 Å². The normalized spacial score (nSPS) is 40.9. The molecule has 4 bridgehead atoms. The standard InChI is InChI=1S/C28H48N2/c1-25(2)21-13-15-27(25,5)23(19-21)29-17-11-9-7-8-10-12-18-30-24-20-22-14-16-28(24,6)26(22,3)4/h21-22H,7-20H2,1-6H3/t21-,22-,27+,28+/m1/s1. The fraction of sp³-hybridized carbons (Fsp3) is 0.929. The molecule has 0 radical (unpaired) electrons. The maximum atomic E-state index is 5.10. The summed E-state index contributed by atoms with van der Waals surface area (Å²) in [6.07, 6.45) is 16.1. The van der Waals surface area contributed by atoms with E-state index in [2.05, 4.69) is 41.5 Å². The van der Waals surface area contributed by atoms with Crippen molar-refractivity contribution in [2.24, 2.45) is 43.5 Å². The van der Waals surface area contributed by atoms with Gasteiger partial charge in [0.2, 0.25) is 0 Å². The van der Waals surface area contributed by atoms with Crippen molar-refractivity contribution in [2.45, 2.75) is 119 Å². The predicted molar refractivity (Wildman–Crippen MR) is 131 cm³/mol. The first kappa shape index (κ1) is 22.5. The number of unbranched alkanes of at least 4 members (excludes halogenated alkanes) is 5. The Morgan fingerprint density at radius 3 is 1.27 bits per heavy atom. The highest BCUT2D eigenvalue weighted by atomic mass is 14.8. The Morgan fingerprint density at radius 1 is 0.600 bits per heavy atom. The van der Waals surface area contributed by atoms with Crippen LogP contribution in [0.4, 0.5) is 0 Å². The summed E-state index contributed by atoms with van der Waals surface area (Å²) in [6, 6.07) is 0. The van der Waals surface area contributed by atoms with Gasteiger partial charge in [-0.25, -0.2) is 0 Å². The van der Waals surface area contributed by atoms with Crippen molar-refractivity contribution in [1.29, 1.82) is 0 Å². The molecule has 4 aliphatic carbocycles. The van der Waals surface area contributed by atoms with E-state index in [9.17, 15) is 0 Å². The molecule has 170 valence electrons. The average molecular weight is 413 g/mol. The fourth-order valence-electron chi connectivity index (χ4n) is 7.69. The third-order valence-corrected chi connectivity index (χ3v) is 11.2. The molecule has 4 fully saturated rings. The molecule has 0 aliphatic heterocycles.